The highest BCUT2D eigenvalue weighted by Crippen LogP contribution is 2.35. The molecule has 1 aromatic carbocycles. The molecule has 5 rings (SSSR count). The van der Waals surface area contributed by atoms with Crippen LogP contribution in [0.15, 0.2) is 53.6 Å². The highest BCUT2D eigenvalue weighted by atomic mass is 19.4. The summed E-state index contributed by atoms with van der Waals surface area (Å²) in [6.07, 6.45) is 3.86. The van der Waals surface area contributed by atoms with Crippen LogP contribution < -0.4 is 21.4 Å². The molecule has 0 bridgehead atoms. The Kier molecular flexibility index (Phi) is 6.17. The van der Waals surface area contributed by atoms with Gasteiger partial charge in [-0.15, -0.1) is 0 Å². The molecular formula is C25H29F3N6O2. The van der Waals surface area contributed by atoms with Crippen molar-refractivity contribution in [3.8, 4) is 5.69 Å². The molecule has 11 heteroatoms. The van der Waals surface area contributed by atoms with Gasteiger partial charge in [-0.3, -0.25) is 23.6 Å². The van der Waals surface area contributed by atoms with Crippen LogP contribution in [0.2, 0.25) is 0 Å². The van der Waals surface area contributed by atoms with Crippen molar-refractivity contribution in [3.05, 3.63) is 64.8 Å². The van der Waals surface area contributed by atoms with Crippen molar-refractivity contribution < 1.29 is 18.0 Å². The monoisotopic (exact) mass is 502 g/mol. The van der Waals surface area contributed by atoms with Gasteiger partial charge in [0, 0.05) is 25.0 Å². The number of nitrogens with zero attached hydrogens (tertiary/aromatic N) is 4. The van der Waals surface area contributed by atoms with Crippen molar-refractivity contribution >= 4 is 17.1 Å². The van der Waals surface area contributed by atoms with E-state index in [-0.39, 0.29) is 17.1 Å². The Bertz CT molecular complexity index is 1340. The number of nitrogens with one attached hydrogen (secondary N) is 2. The predicted molar refractivity (Wildman–Crippen MR) is 129 cm³/mol. The normalized spacial score (nSPS) is 20.6. The molecule has 2 aromatic heterocycles. The fourth-order valence-electron chi connectivity index (χ4n) is 5.47. The third-order valence-corrected chi connectivity index (χ3v) is 7.38. The molecule has 1 aliphatic carbocycles. The first-order valence-corrected chi connectivity index (χ1v) is 12.1. The van der Waals surface area contributed by atoms with Gasteiger partial charge in [0.05, 0.1) is 22.4 Å². The average molecular weight is 503 g/mol. The van der Waals surface area contributed by atoms with Gasteiger partial charge in [-0.05, 0) is 50.2 Å². The molecule has 1 amide bonds. The molecule has 0 radical (unpaired) electrons. The highest BCUT2D eigenvalue weighted by Gasteiger charge is 2.46. The Balaban J connectivity index is 1.53. The van der Waals surface area contributed by atoms with Crippen molar-refractivity contribution in [2.75, 3.05) is 11.9 Å². The third-order valence-electron chi connectivity index (χ3n) is 7.38. The average Bonchev–Trinajstić information content (AvgIpc) is 3.20. The number of carbonyl (C=O) groups is 1. The van der Waals surface area contributed by atoms with Crippen LogP contribution in [0.5, 0.6) is 0 Å². The van der Waals surface area contributed by atoms with Crippen molar-refractivity contribution in [1.82, 2.24) is 24.7 Å². The molecule has 36 heavy (non-hydrogen) atoms. The number of rotatable bonds is 3. The first-order valence-electron chi connectivity index (χ1n) is 12.1. The summed E-state index contributed by atoms with van der Waals surface area (Å²) < 4.78 is 42.7. The van der Waals surface area contributed by atoms with E-state index >= 15 is 0 Å². The molecule has 3 heterocycles. The Morgan fingerprint density at radius 1 is 1.11 bits per heavy atom. The lowest BCUT2D eigenvalue weighted by molar-refractivity contribution is -0.136. The predicted octanol–water partition coefficient (Wildman–Crippen LogP) is 3.84. The number of fused-ring (bicyclic) bond motifs is 1. The van der Waals surface area contributed by atoms with E-state index in [9.17, 15) is 22.8 Å². The number of hydrogen-bond donors (Lipinski definition) is 2. The summed E-state index contributed by atoms with van der Waals surface area (Å²) in [7, 11) is 1.98. The maximum atomic E-state index is 13.5. The van der Waals surface area contributed by atoms with Gasteiger partial charge in [0.25, 0.3) is 0 Å². The number of benzene rings is 1. The molecule has 1 atom stereocenters. The summed E-state index contributed by atoms with van der Waals surface area (Å²) in [5.74, 6) is -0.210. The van der Waals surface area contributed by atoms with Crippen LogP contribution in [0.3, 0.4) is 0 Å². The zero-order valence-electron chi connectivity index (χ0n) is 20.2. The van der Waals surface area contributed by atoms with Gasteiger partial charge in [0.1, 0.15) is 0 Å². The number of hydrazine groups is 1. The second kappa shape index (κ2) is 9.06. The number of halogens is 3. The fourth-order valence-corrected chi connectivity index (χ4v) is 5.47. The number of pyridine rings is 1. The minimum Gasteiger partial charge on any atom is -0.282 e. The van der Waals surface area contributed by atoms with Crippen LogP contribution in [0.4, 0.5) is 18.9 Å². The maximum Gasteiger partial charge on any atom is 0.418 e. The molecule has 3 aromatic rings. The van der Waals surface area contributed by atoms with Gasteiger partial charge >= 0.3 is 11.9 Å². The zero-order chi connectivity index (χ0) is 25.7. The summed E-state index contributed by atoms with van der Waals surface area (Å²) in [6.45, 7) is 1.47. The second-order valence-corrected chi connectivity index (χ2v) is 9.57. The standard InChI is InChI=1S/C25H29F3N6O2/c1-17(35)34(22-29-30-24(31(22)2)12-5-3-4-6-13-24)19-10-7-9-18(15-19)33-16-21-20(25(26,27)28)11-8-14-32(21)23(33)36/h7-11,14-16,22,29-30H,3-6,12-13H2,1-2H3. The molecule has 1 aliphatic heterocycles. The fraction of sp³-hybridized carbons (Fsp3) is 0.440. The highest BCUT2D eigenvalue weighted by molar-refractivity contribution is 5.92. The van der Waals surface area contributed by atoms with E-state index in [1.165, 1.54) is 42.8 Å². The van der Waals surface area contributed by atoms with Crippen molar-refractivity contribution in [3.63, 3.8) is 0 Å². The first-order chi connectivity index (χ1) is 17.1. The molecule has 1 spiro atoms. The summed E-state index contributed by atoms with van der Waals surface area (Å²) >= 11 is 0. The quantitative estimate of drug-likeness (QED) is 0.570. The molecule has 2 N–H and O–H groups in total. The number of hydrogen-bond acceptors (Lipinski definition) is 5. The van der Waals surface area contributed by atoms with E-state index in [0.29, 0.717) is 11.4 Å². The lowest BCUT2D eigenvalue weighted by atomic mass is 10.0. The molecule has 1 saturated heterocycles. The molecular weight excluding hydrogens is 473 g/mol. The van der Waals surface area contributed by atoms with Crippen LogP contribution in [0.25, 0.3) is 11.2 Å². The van der Waals surface area contributed by atoms with Gasteiger partial charge in [-0.25, -0.2) is 15.6 Å². The number of anilines is 1. The first kappa shape index (κ1) is 24.5. The molecule has 8 nitrogen and oxygen atoms in total. The van der Waals surface area contributed by atoms with E-state index in [0.717, 1.165) is 36.2 Å². The maximum absolute atomic E-state index is 13.5. The van der Waals surface area contributed by atoms with E-state index in [1.807, 2.05) is 7.05 Å². The van der Waals surface area contributed by atoms with Crippen LogP contribution >= 0.6 is 0 Å². The molecule has 192 valence electrons. The van der Waals surface area contributed by atoms with Crippen molar-refractivity contribution in [1.29, 1.82) is 0 Å². The van der Waals surface area contributed by atoms with Crippen LogP contribution in [0.1, 0.15) is 51.0 Å². The van der Waals surface area contributed by atoms with Crippen molar-refractivity contribution in [2.45, 2.75) is 63.6 Å². The Morgan fingerprint density at radius 3 is 2.50 bits per heavy atom. The topological polar surface area (TPSA) is 74.0 Å². The Hall–Kier alpha value is -3.15. The van der Waals surface area contributed by atoms with E-state index in [2.05, 4.69) is 15.8 Å². The minimum absolute atomic E-state index is 0.210. The zero-order valence-corrected chi connectivity index (χ0v) is 20.2. The van der Waals surface area contributed by atoms with Gasteiger partial charge in [0.2, 0.25) is 5.91 Å². The van der Waals surface area contributed by atoms with Crippen LogP contribution in [-0.2, 0) is 11.0 Å². The Labute approximate surface area is 206 Å². The smallest absolute Gasteiger partial charge is 0.282 e. The molecule has 2 aliphatic rings. The van der Waals surface area contributed by atoms with Crippen LogP contribution in [-0.4, -0.2) is 38.8 Å². The largest absolute Gasteiger partial charge is 0.418 e. The number of alkyl halides is 3. The molecule has 1 saturated carbocycles. The third kappa shape index (κ3) is 4.10. The number of carbonyl (C=O) groups excluding carboxylic acids is 1. The summed E-state index contributed by atoms with van der Waals surface area (Å²) in [4.78, 5) is 29.6. The van der Waals surface area contributed by atoms with Crippen LogP contribution in [0, 0.1) is 0 Å². The van der Waals surface area contributed by atoms with Gasteiger partial charge < -0.3 is 0 Å². The summed E-state index contributed by atoms with van der Waals surface area (Å²) in [6, 6.07) is 8.86. The molecule has 1 unspecified atom stereocenters. The van der Waals surface area contributed by atoms with Gasteiger partial charge in [-0.2, -0.15) is 13.2 Å². The summed E-state index contributed by atoms with van der Waals surface area (Å²) in [5.41, 5.74) is 5.57. The van der Waals surface area contributed by atoms with E-state index in [4.69, 9.17) is 0 Å². The molecule has 2 fully saturated rings. The SMILES string of the molecule is CC(=O)N(c1cccc(-n2cc3c(C(F)(F)F)cccn3c2=O)c1)C1NNC2(CCCCCC2)N1C. The minimum atomic E-state index is -4.60. The van der Waals surface area contributed by atoms with E-state index in [1.54, 1.807) is 29.2 Å². The van der Waals surface area contributed by atoms with Crippen molar-refractivity contribution in [2.24, 2.45) is 0 Å². The number of aromatic nitrogens is 2. The summed E-state index contributed by atoms with van der Waals surface area (Å²) in [5, 5.41) is 0. The lowest BCUT2D eigenvalue weighted by Gasteiger charge is -2.39. The second-order valence-electron chi connectivity index (χ2n) is 9.57. The number of imidazole rings is 1. The lowest BCUT2D eigenvalue weighted by Crippen LogP contribution is -2.55. The Morgan fingerprint density at radius 2 is 1.83 bits per heavy atom. The van der Waals surface area contributed by atoms with E-state index < -0.39 is 23.7 Å². The van der Waals surface area contributed by atoms with Gasteiger partial charge in [0.15, 0.2) is 6.29 Å². The van der Waals surface area contributed by atoms with Gasteiger partial charge in [-0.1, -0.05) is 31.7 Å². The number of amides is 1.